The van der Waals surface area contributed by atoms with Gasteiger partial charge in [0, 0.05) is 25.7 Å². The first-order chi connectivity index (χ1) is 54.7. The molecule has 0 aromatic carbocycles. The number of ether oxygens (including phenoxy) is 4. The predicted molar refractivity (Wildman–Crippen MR) is 464 cm³/mol. The molecular formula is C93H158O17P2. The van der Waals surface area contributed by atoms with Crippen molar-refractivity contribution in [2.45, 2.75) is 380 Å². The van der Waals surface area contributed by atoms with Crippen LogP contribution in [0.5, 0.6) is 0 Å². The SMILES string of the molecule is CC/C=C\C/C=C\C/C=C\C/C=C\CCCCCCCCC(=O)OCC(COP(=O)(O)OCC(O)COP(=O)(O)OCC(COC(=O)CCCCCCCC/C=C\C/C=C\C/C=C\C/C=C\CC)OC(=O)CCCCCCCC/C=C\C/C=C\C/C=C\CCCCC)OC(=O)CCCCCCC/C=C\CCCCCCCC. The molecule has 5 atom stereocenters. The molecule has 0 aliphatic heterocycles. The topological polar surface area (TPSA) is 237 Å². The van der Waals surface area contributed by atoms with Crippen LogP contribution in [0.25, 0.3) is 0 Å². The number of aliphatic hydroxyl groups excluding tert-OH is 1. The van der Waals surface area contributed by atoms with Gasteiger partial charge >= 0.3 is 39.5 Å². The fourth-order valence-corrected chi connectivity index (χ4v) is 13.2. The van der Waals surface area contributed by atoms with Gasteiger partial charge in [-0.25, -0.2) is 9.13 Å². The van der Waals surface area contributed by atoms with Crippen molar-refractivity contribution in [2.24, 2.45) is 0 Å². The Morgan fingerprint density at radius 1 is 0.259 bits per heavy atom. The van der Waals surface area contributed by atoms with Gasteiger partial charge in [-0.15, -0.1) is 0 Å². The summed E-state index contributed by atoms with van der Waals surface area (Å²) >= 11 is 0. The zero-order valence-corrected chi connectivity index (χ0v) is 72.3. The lowest BCUT2D eigenvalue weighted by molar-refractivity contribution is -0.161. The fourth-order valence-electron chi connectivity index (χ4n) is 11.6. The van der Waals surface area contributed by atoms with Crippen LogP contribution in [-0.2, 0) is 65.4 Å². The minimum atomic E-state index is -5.00. The van der Waals surface area contributed by atoms with Gasteiger partial charge in [0.2, 0.25) is 0 Å². The summed E-state index contributed by atoms with van der Waals surface area (Å²) in [6.45, 7) is 4.61. The summed E-state index contributed by atoms with van der Waals surface area (Å²) in [5, 5.41) is 10.7. The van der Waals surface area contributed by atoms with Crippen LogP contribution in [0, 0.1) is 0 Å². The van der Waals surface area contributed by atoms with Gasteiger partial charge in [0.05, 0.1) is 26.4 Å². The summed E-state index contributed by atoms with van der Waals surface area (Å²) < 4.78 is 68.9. The van der Waals surface area contributed by atoms with Gasteiger partial charge in [-0.3, -0.25) is 37.3 Å². The zero-order valence-electron chi connectivity index (χ0n) is 70.6. The Morgan fingerprint density at radius 2 is 0.464 bits per heavy atom. The molecule has 5 unspecified atom stereocenters. The summed E-state index contributed by atoms with van der Waals surface area (Å²) in [6, 6.07) is 0. The number of hydrogen-bond acceptors (Lipinski definition) is 15. The zero-order chi connectivity index (χ0) is 81.7. The number of phosphoric acid groups is 2. The quantitative estimate of drug-likeness (QED) is 0.0169. The molecule has 0 heterocycles. The molecule has 0 radical (unpaired) electrons. The molecule has 0 aliphatic rings. The predicted octanol–water partition coefficient (Wildman–Crippen LogP) is 26.6. The molecule has 0 bridgehead atoms. The van der Waals surface area contributed by atoms with Gasteiger partial charge in [-0.1, -0.05) is 315 Å². The van der Waals surface area contributed by atoms with Gasteiger partial charge in [-0.2, -0.15) is 0 Å². The molecule has 19 heteroatoms. The smallest absolute Gasteiger partial charge is 0.462 e. The first kappa shape index (κ1) is 107. The molecule has 112 heavy (non-hydrogen) atoms. The van der Waals surface area contributed by atoms with Crippen LogP contribution in [0.15, 0.2) is 146 Å². The summed E-state index contributed by atoms with van der Waals surface area (Å²) in [4.78, 5) is 73.4. The maximum absolute atomic E-state index is 13.2. The summed E-state index contributed by atoms with van der Waals surface area (Å²) in [6.07, 6.45) is 97.9. The van der Waals surface area contributed by atoms with Crippen LogP contribution in [0.3, 0.4) is 0 Å². The van der Waals surface area contributed by atoms with E-state index in [1.807, 2.05) is 0 Å². The van der Waals surface area contributed by atoms with E-state index in [-0.39, 0.29) is 25.7 Å². The second-order valence-corrected chi connectivity index (χ2v) is 32.0. The van der Waals surface area contributed by atoms with Crippen LogP contribution in [0.2, 0.25) is 0 Å². The Labute approximate surface area is 681 Å². The van der Waals surface area contributed by atoms with Gasteiger partial charge in [0.25, 0.3) is 0 Å². The van der Waals surface area contributed by atoms with Crippen LogP contribution in [-0.4, -0.2) is 96.7 Å². The van der Waals surface area contributed by atoms with Crippen LogP contribution >= 0.6 is 15.6 Å². The van der Waals surface area contributed by atoms with Gasteiger partial charge in [0.1, 0.15) is 19.3 Å². The molecule has 0 aromatic rings. The van der Waals surface area contributed by atoms with Gasteiger partial charge in [0.15, 0.2) is 12.2 Å². The number of unbranched alkanes of at least 4 members (excludes halogenated alkanes) is 32. The van der Waals surface area contributed by atoms with Gasteiger partial charge < -0.3 is 33.8 Å². The third-order valence-electron chi connectivity index (χ3n) is 18.3. The van der Waals surface area contributed by atoms with E-state index in [0.717, 1.165) is 225 Å². The van der Waals surface area contributed by atoms with E-state index in [4.69, 9.17) is 37.0 Å². The van der Waals surface area contributed by atoms with Crippen molar-refractivity contribution in [2.75, 3.05) is 39.6 Å². The first-order valence-corrected chi connectivity index (χ1v) is 47.1. The third-order valence-corrected chi connectivity index (χ3v) is 20.2. The van der Waals surface area contributed by atoms with Crippen molar-refractivity contribution in [1.29, 1.82) is 0 Å². The lowest BCUT2D eigenvalue weighted by Crippen LogP contribution is -2.30. The van der Waals surface area contributed by atoms with E-state index >= 15 is 0 Å². The molecule has 642 valence electrons. The first-order valence-electron chi connectivity index (χ1n) is 44.1. The number of phosphoric ester groups is 2. The molecule has 0 aromatic heterocycles. The lowest BCUT2D eigenvalue weighted by Gasteiger charge is -2.21. The minimum absolute atomic E-state index is 0.0734. The highest BCUT2D eigenvalue weighted by molar-refractivity contribution is 7.47. The number of carbonyl (C=O) groups excluding carboxylic acids is 4. The highest BCUT2D eigenvalue weighted by Gasteiger charge is 2.30. The lowest BCUT2D eigenvalue weighted by atomic mass is 10.1. The van der Waals surface area contributed by atoms with E-state index in [1.54, 1.807) is 0 Å². The third kappa shape index (κ3) is 82.9. The molecule has 0 aliphatic carbocycles. The van der Waals surface area contributed by atoms with E-state index in [1.165, 1.54) is 57.8 Å². The molecule has 0 spiro atoms. The highest BCUT2D eigenvalue weighted by atomic mass is 31.2. The number of aliphatic hydroxyl groups is 1. The number of carbonyl (C=O) groups is 4. The van der Waals surface area contributed by atoms with Crippen molar-refractivity contribution in [3.63, 3.8) is 0 Å². The Hall–Kier alpha value is -5.06. The van der Waals surface area contributed by atoms with Crippen LogP contribution in [0.1, 0.15) is 362 Å². The molecule has 0 amide bonds. The maximum atomic E-state index is 13.2. The Bertz CT molecular complexity index is 2690. The van der Waals surface area contributed by atoms with E-state index in [0.29, 0.717) is 25.7 Å². The maximum Gasteiger partial charge on any atom is 0.472 e. The summed E-state index contributed by atoms with van der Waals surface area (Å²) in [5.41, 5.74) is 0. The Morgan fingerprint density at radius 3 is 0.741 bits per heavy atom. The van der Waals surface area contributed by atoms with Crippen molar-refractivity contribution >= 4 is 39.5 Å². The second kappa shape index (κ2) is 83.9. The molecule has 0 rings (SSSR count). The molecule has 0 saturated carbocycles. The number of rotatable bonds is 82. The average molecular weight is 1610 g/mol. The van der Waals surface area contributed by atoms with Crippen molar-refractivity contribution in [3.05, 3.63) is 146 Å². The summed E-state index contributed by atoms with van der Waals surface area (Å²) in [5.74, 6) is -2.22. The van der Waals surface area contributed by atoms with Crippen LogP contribution in [0.4, 0.5) is 0 Å². The van der Waals surface area contributed by atoms with E-state index < -0.39 is 97.5 Å². The minimum Gasteiger partial charge on any atom is -0.462 e. The molecular weight excluding hydrogens is 1450 g/mol. The van der Waals surface area contributed by atoms with Crippen molar-refractivity contribution in [1.82, 2.24) is 0 Å². The van der Waals surface area contributed by atoms with Crippen molar-refractivity contribution in [3.8, 4) is 0 Å². The second-order valence-electron chi connectivity index (χ2n) is 29.1. The van der Waals surface area contributed by atoms with Gasteiger partial charge in [-0.05, 0) is 167 Å². The molecule has 0 saturated heterocycles. The van der Waals surface area contributed by atoms with Crippen LogP contribution < -0.4 is 0 Å². The monoisotopic (exact) mass is 1610 g/mol. The number of esters is 4. The largest absolute Gasteiger partial charge is 0.472 e. The molecule has 17 nitrogen and oxygen atoms in total. The van der Waals surface area contributed by atoms with Crippen molar-refractivity contribution < 1.29 is 80.2 Å². The summed E-state index contributed by atoms with van der Waals surface area (Å²) in [7, 11) is -9.99. The molecule has 0 fully saturated rings. The van der Waals surface area contributed by atoms with E-state index in [2.05, 4.69) is 174 Å². The highest BCUT2D eigenvalue weighted by Crippen LogP contribution is 2.45. The normalized spacial score (nSPS) is 14.5. The standard InChI is InChI=1S/C93H158O17P2/c1-5-9-13-17-21-25-29-33-37-40-43-46-50-53-57-61-65-69-73-77-90(95)103-83-88(109-92(97)79-75-71-67-63-59-55-49-36-32-28-24-20-16-12-8-4)85-107-111(99,100)105-81-87(94)82-106-112(101,102)108-86-89(110-93(98)80-76-72-68-64-60-56-52-48-45-42-39-35-31-27-23-19-15-11-7-3)84-104-91(96)78-74-70-66-62-58-54-51-47-44-41-38-34-30-26-22-18-14-10-6-2/h9-10,13-14,21-23,25-27,33-39,43-49,87-89,94H,5-8,11-12,15-20,24,28-32,40-42,50-86H2,1-4H3,(H,99,100)(H,101,102)/b13-9-,14-10-,25-21-,26-22-,27-23-,37-33-,38-34-,39-35-,46-43-,47-44-,48-45-,49-36-. The average Bonchev–Trinajstić information content (AvgIpc) is 0.898. The number of hydrogen-bond donors (Lipinski definition) is 3. The number of allylic oxidation sites excluding steroid dienone is 24. The Kier molecular flexibility index (Phi) is 80.1. The Balaban J connectivity index is 5.42. The molecule has 3 N–H and O–H groups in total. The fraction of sp³-hybridized carbons (Fsp3) is 0.699. The van der Waals surface area contributed by atoms with E-state index in [9.17, 15) is 43.2 Å².